The van der Waals surface area contributed by atoms with E-state index in [9.17, 15) is 0 Å². The first-order valence-electron chi connectivity index (χ1n) is 5.58. The van der Waals surface area contributed by atoms with Crippen LogP contribution in [0.4, 0.5) is 10.8 Å². The third kappa shape index (κ3) is 2.39. The van der Waals surface area contributed by atoms with Crippen LogP contribution in [0.5, 0.6) is 0 Å². The number of hydrogen-bond donors (Lipinski definition) is 1. The van der Waals surface area contributed by atoms with Crippen LogP contribution in [0.2, 0.25) is 5.02 Å². The molecule has 0 saturated heterocycles. The van der Waals surface area contributed by atoms with Crippen LogP contribution in [0.3, 0.4) is 0 Å². The summed E-state index contributed by atoms with van der Waals surface area (Å²) in [6.45, 7) is 0. The number of thiazole rings is 1. The normalized spacial score (nSPS) is 10.3. The highest BCUT2D eigenvalue weighted by molar-refractivity contribution is 7.22. The van der Waals surface area contributed by atoms with Crippen molar-refractivity contribution in [3.8, 4) is 6.07 Å². The Hall–Kier alpha value is -2.09. The molecule has 3 nitrogen and oxygen atoms in total. The van der Waals surface area contributed by atoms with E-state index < -0.39 is 0 Å². The molecule has 1 aromatic heterocycles. The summed E-state index contributed by atoms with van der Waals surface area (Å²) in [6.07, 6.45) is 0. The predicted octanol–water partition coefficient (Wildman–Crippen LogP) is 4.56. The molecule has 3 aromatic rings. The van der Waals surface area contributed by atoms with E-state index in [1.54, 1.807) is 12.1 Å². The molecule has 0 spiro atoms. The molecular formula is C14H8ClN3S. The largest absolute Gasteiger partial charge is 0.332 e. The second-order valence-electron chi connectivity index (χ2n) is 3.92. The van der Waals surface area contributed by atoms with Crippen molar-refractivity contribution in [1.82, 2.24) is 4.98 Å². The first-order valence-corrected chi connectivity index (χ1v) is 6.78. The summed E-state index contributed by atoms with van der Waals surface area (Å²) in [5.41, 5.74) is 2.42. The lowest BCUT2D eigenvalue weighted by Crippen LogP contribution is -1.88. The number of nitriles is 1. The lowest BCUT2D eigenvalue weighted by atomic mass is 10.2. The minimum atomic E-state index is 0.637. The molecule has 19 heavy (non-hydrogen) atoms. The van der Waals surface area contributed by atoms with Crippen molar-refractivity contribution in [2.45, 2.75) is 0 Å². The molecular weight excluding hydrogens is 278 g/mol. The average Bonchev–Trinajstić information content (AvgIpc) is 2.84. The van der Waals surface area contributed by atoms with Crippen molar-refractivity contribution in [2.75, 3.05) is 5.32 Å². The minimum Gasteiger partial charge on any atom is -0.332 e. The minimum absolute atomic E-state index is 0.637. The second kappa shape index (κ2) is 4.88. The average molecular weight is 286 g/mol. The molecule has 5 heteroatoms. The van der Waals surface area contributed by atoms with Gasteiger partial charge in [-0.3, -0.25) is 0 Å². The Labute approximate surface area is 119 Å². The summed E-state index contributed by atoms with van der Waals surface area (Å²) in [7, 11) is 0. The number of fused-ring (bicyclic) bond motifs is 1. The number of halogens is 1. The van der Waals surface area contributed by atoms with E-state index in [0.717, 1.165) is 21.0 Å². The Morgan fingerprint density at radius 1 is 1.16 bits per heavy atom. The smallest absolute Gasteiger partial charge is 0.188 e. The zero-order valence-corrected chi connectivity index (χ0v) is 11.3. The fraction of sp³-hybridized carbons (Fsp3) is 0. The maximum Gasteiger partial charge on any atom is 0.188 e. The van der Waals surface area contributed by atoms with Gasteiger partial charge in [0.15, 0.2) is 5.13 Å². The molecule has 2 aromatic carbocycles. The van der Waals surface area contributed by atoms with Crippen LogP contribution in [-0.2, 0) is 0 Å². The Morgan fingerprint density at radius 2 is 1.95 bits per heavy atom. The second-order valence-corrected chi connectivity index (χ2v) is 5.33. The fourth-order valence-electron chi connectivity index (χ4n) is 1.72. The van der Waals surface area contributed by atoms with Crippen LogP contribution >= 0.6 is 22.9 Å². The molecule has 1 heterocycles. The highest BCUT2D eigenvalue weighted by Crippen LogP contribution is 2.33. The number of anilines is 2. The van der Waals surface area contributed by atoms with Crippen molar-refractivity contribution < 1.29 is 0 Å². The number of benzene rings is 2. The van der Waals surface area contributed by atoms with Gasteiger partial charge in [0.1, 0.15) is 0 Å². The van der Waals surface area contributed by atoms with Crippen LogP contribution < -0.4 is 5.32 Å². The number of nitrogens with zero attached hydrogens (tertiary/aromatic N) is 2. The summed E-state index contributed by atoms with van der Waals surface area (Å²) < 4.78 is 0.973. The van der Waals surface area contributed by atoms with Crippen molar-refractivity contribution >= 4 is 44.0 Å². The molecule has 0 aliphatic carbocycles. The van der Waals surface area contributed by atoms with Crippen molar-refractivity contribution in [2.24, 2.45) is 0 Å². The number of hydrogen-bond acceptors (Lipinski definition) is 4. The molecule has 92 valence electrons. The predicted molar refractivity (Wildman–Crippen MR) is 79.1 cm³/mol. The van der Waals surface area contributed by atoms with E-state index in [2.05, 4.69) is 16.4 Å². The maximum atomic E-state index is 8.75. The Morgan fingerprint density at radius 3 is 2.63 bits per heavy atom. The van der Waals surface area contributed by atoms with Gasteiger partial charge in [-0.2, -0.15) is 5.26 Å². The quantitative estimate of drug-likeness (QED) is 0.750. The summed E-state index contributed by atoms with van der Waals surface area (Å²) in [5.74, 6) is 0. The van der Waals surface area contributed by atoms with Crippen LogP contribution in [0.1, 0.15) is 5.56 Å². The maximum absolute atomic E-state index is 8.75. The standard InChI is InChI=1S/C14H8ClN3S/c15-11-2-1-3-12-13(11)19-14(18-12)17-10-6-4-9(8-16)5-7-10/h1-7H,(H,17,18). The van der Waals surface area contributed by atoms with Gasteiger partial charge in [0.05, 0.1) is 26.9 Å². The summed E-state index contributed by atoms with van der Waals surface area (Å²) in [5, 5.41) is 13.5. The molecule has 0 aliphatic rings. The van der Waals surface area contributed by atoms with Gasteiger partial charge in [-0.25, -0.2) is 4.98 Å². The van der Waals surface area contributed by atoms with Crippen molar-refractivity contribution in [1.29, 1.82) is 5.26 Å². The third-order valence-corrected chi connectivity index (χ3v) is 4.08. The van der Waals surface area contributed by atoms with Gasteiger partial charge in [0.2, 0.25) is 0 Å². The van der Waals surface area contributed by atoms with Gasteiger partial charge in [0, 0.05) is 5.69 Å². The van der Waals surface area contributed by atoms with E-state index in [1.807, 2.05) is 30.3 Å². The molecule has 0 amide bonds. The molecule has 0 unspecified atom stereocenters. The molecule has 0 atom stereocenters. The van der Waals surface area contributed by atoms with E-state index in [0.29, 0.717) is 10.6 Å². The Kier molecular flexibility index (Phi) is 3.08. The Balaban J connectivity index is 1.92. The highest BCUT2D eigenvalue weighted by atomic mass is 35.5. The fourth-order valence-corrected chi connectivity index (χ4v) is 2.90. The molecule has 0 bridgehead atoms. The highest BCUT2D eigenvalue weighted by Gasteiger charge is 2.06. The Bertz CT molecular complexity index is 771. The van der Waals surface area contributed by atoms with E-state index >= 15 is 0 Å². The van der Waals surface area contributed by atoms with Crippen LogP contribution in [0.25, 0.3) is 10.2 Å². The van der Waals surface area contributed by atoms with Gasteiger partial charge in [-0.05, 0) is 36.4 Å². The lowest BCUT2D eigenvalue weighted by Gasteiger charge is -2.01. The lowest BCUT2D eigenvalue weighted by molar-refractivity contribution is 1.43. The molecule has 0 radical (unpaired) electrons. The first kappa shape index (κ1) is 12.0. The van der Waals surface area contributed by atoms with E-state index in [-0.39, 0.29) is 0 Å². The van der Waals surface area contributed by atoms with Crippen molar-refractivity contribution in [3.05, 3.63) is 53.1 Å². The third-order valence-electron chi connectivity index (χ3n) is 2.63. The number of aromatic nitrogens is 1. The molecule has 0 aliphatic heterocycles. The SMILES string of the molecule is N#Cc1ccc(Nc2nc3cccc(Cl)c3s2)cc1. The zero-order valence-electron chi connectivity index (χ0n) is 9.72. The first-order chi connectivity index (χ1) is 9.26. The van der Waals surface area contributed by atoms with E-state index in [4.69, 9.17) is 16.9 Å². The topological polar surface area (TPSA) is 48.7 Å². The molecule has 0 fully saturated rings. The summed E-state index contributed by atoms with van der Waals surface area (Å²) >= 11 is 7.63. The summed E-state index contributed by atoms with van der Waals surface area (Å²) in [4.78, 5) is 4.47. The number of rotatable bonds is 2. The van der Waals surface area contributed by atoms with Gasteiger partial charge in [-0.1, -0.05) is 29.0 Å². The molecule has 1 N–H and O–H groups in total. The van der Waals surface area contributed by atoms with Crippen LogP contribution in [0, 0.1) is 11.3 Å². The van der Waals surface area contributed by atoms with Gasteiger partial charge in [-0.15, -0.1) is 0 Å². The molecule has 0 saturated carbocycles. The van der Waals surface area contributed by atoms with Gasteiger partial charge < -0.3 is 5.32 Å². The monoisotopic (exact) mass is 285 g/mol. The van der Waals surface area contributed by atoms with E-state index in [1.165, 1.54) is 11.3 Å². The van der Waals surface area contributed by atoms with Crippen LogP contribution in [0.15, 0.2) is 42.5 Å². The summed E-state index contributed by atoms with van der Waals surface area (Å²) in [6, 6.07) is 15.0. The van der Waals surface area contributed by atoms with Gasteiger partial charge in [0.25, 0.3) is 0 Å². The zero-order chi connectivity index (χ0) is 13.2. The molecule has 3 rings (SSSR count). The van der Waals surface area contributed by atoms with Crippen LogP contribution in [-0.4, -0.2) is 4.98 Å². The van der Waals surface area contributed by atoms with Gasteiger partial charge >= 0.3 is 0 Å². The number of nitrogens with one attached hydrogen (secondary N) is 1. The van der Waals surface area contributed by atoms with Crippen molar-refractivity contribution in [3.63, 3.8) is 0 Å².